The number of hydrogen-bond acceptors (Lipinski definition) is 4. The van der Waals surface area contributed by atoms with E-state index in [1.54, 1.807) is 40.9 Å². The summed E-state index contributed by atoms with van der Waals surface area (Å²) in [6.45, 7) is 0. The van der Waals surface area contributed by atoms with Gasteiger partial charge in [-0.3, -0.25) is 4.40 Å². The molecule has 0 radical (unpaired) electrons. The molecular weight excluding hydrogens is 397 g/mol. The molecule has 0 spiro atoms. The number of nitrogens with zero attached hydrogens (tertiary/aromatic N) is 5. The Morgan fingerprint density at radius 3 is 2.88 bits per heavy atom. The molecule has 8 heteroatoms. The van der Waals surface area contributed by atoms with E-state index in [9.17, 15) is 4.39 Å². The van der Waals surface area contributed by atoms with Gasteiger partial charge in [0.15, 0.2) is 0 Å². The third-order valence-electron chi connectivity index (χ3n) is 3.78. The molecule has 4 rings (SSSR count). The first-order valence-electron chi connectivity index (χ1n) is 7.02. The van der Waals surface area contributed by atoms with E-state index in [0.717, 1.165) is 15.4 Å². The van der Waals surface area contributed by atoms with Gasteiger partial charge in [0.25, 0.3) is 5.78 Å². The largest absolute Gasteiger partial charge is 0.326 e. The summed E-state index contributed by atoms with van der Waals surface area (Å²) >= 11 is 9.50. The number of hydrogen-bond donors (Lipinski definition) is 0. The highest BCUT2D eigenvalue weighted by Gasteiger charge is 2.17. The molecule has 0 aliphatic carbocycles. The van der Waals surface area contributed by atoms with Crippen LogP contribution in [-0.2, 0) is 0 Å². The number of halogens is 3. The fourth-order valence-electron chi connectivity index (χ4n) is 2.64. The molecule has 5 nitrogen and oxygen atoms in total. The molecular formula is C16H10BrClFN5. The smallest absolute Gasteiger partial charge is 0.257 e. The van der Waals surface area contributed by atoms with Crippen molar-refractivity contribution in [2.75, 3.05) is 11.9 Å². The van der Waals surface area contributed by atoms with Gasteiger partial charge in [-0.25, -0.2) is 4.39 Å². The number of aromatic nitrogens is 4. The molecule has 2 heterocycles. The Balaban J connectivity index is 2.02. The number of anilines is 2. The Kier molecular flexibility index (Phi) is 3.62. The fourth-order valence-corrected chi connectivity index (χ4v) is 3.15. The van der Waals surface area contributed by atoms with Gasteiger partial charge in [-0.15, -0.1) is 10.2 Å². The molecule has 0 aliphatic heterocycles. The van der Waals surface area contributed by atoms with E-state index in [0.29, 0.717) is 22.3 Å². The molecule has 0 saturated heterocycles. The van der Waals surface area contributed by atoms with Crippen LogP contribution >= 0.6 is 27.5 Å². The molecule has 0 N–H and O–H groups in total. The van der Waals surface area contributed by atoms with Crippen LogP contribution in [0.15, 0.2) is 47.2 Å². The minimum Gasteiger partial charge on any atom is -0.326 e. The van der Waals surface area contributed by atoms with Crippen LogP contribution in [0, 0.1) is 5.82 Å². The minimum absolute atomic E-state index is 0.342. The lowest BCUT2D eigenvalue weighted by atomic mass is 10.2. The SMILES string of the molecule is CN(c1cc(Br)ccc1F)c1nc2nncn2c2cc(Cl)ccc12. The van der Waals surface area contributed by atoms with E-state index < -0.39 is 0 Å². The van der Waals surface area contributed by atoms with Crippen LogP contribution in [0.2, 0.25) is 5.02 Å². The third kappa shape index (κ3) is 2.40. The van der Waals surface area contributed by atoms with E-state index in [-0.39, 0.29) is 5.82 Å². The second-order valence-electron chi connectivity index (χ2n) is 5.25. The highest BCUT2D eigenvalue weighted by Crippen LogP contribution is 2.33. The van der Waals surface area contributed by atoms with Gasteiger partial charge in [-0.1, -0.05) is 27.5 Å². The quantitative estimate of drug-likeness (QED) is 0.488. The second kappa shape index (κ2) is 5.68. The van der Waals surface area contributed by atoms with Crippen LogP contribution in [0.1, 0.15) is 0 Å². The number of benzene rings is 2. The van der Waals surface area contributed by atoms with Crippen LogP contribution in [0.25, 0.3) is 16.7 Å². The molecule has 24 heavy (non-hydrogen) atoms. The number of rotatable bonds is 2. The van der Waals surface area contributed by atoms with Crippen LogP contribution in [0.4, 0.5) is 15.9 Å². The van der Waals surface area contributed by atoms with Crippen molar-refractivity contribution in [1.82, 2.24) is 19.6 Å². The summed E-state index contributed by atoms with van der Waals surface area (Å²) in [6.07, 6.45) is 1.57. The van der Waals surface area contributed by atoms with Gasteiger partial charge in [0, 0.05) is 21.9 Å². The maximum absolute atomic E-state index is 14.3. The standard InChI is InChI=1S/C16H10BrClFN5/c1-23(14-6-9(17)2-5-12(14)19)15-11-4-3-10(18)7-13(11)24-8-20-22-16(24)21-15/h2-8H,1H3. The van der Waals surface area contributed by atoms with E-state index in [1.165, 1.54) is 6.07 Å². The summed E-state index contributed by atoms with van der Waals surface area (Å²) in [5.41, 5.74) is 1.20. The zero-order valence-electron chi connectivity index (χ0n) is 12.4. The van der Waals surface area contributed by atoms with E-state index >= 15 is 0 Å². The van der Waals surface area contributed by atoms with Crippen LogP contribution in [0.5, 0.6) is 0 Å². The third-order valence-corrected chi connectivity index (χ3v) is 4.51. The lowest BCUT2D eigenvalue weighted by Crippen LogP contribution is -2.14. The van der Waals surface area contributed by atoms with Gasteiger partial charge in [0.05, 0.1) is 11.2 Å². The lowest BCUT2D eigenvalue weighted by molar-refractivity contribution is 0.627. The van der Waals surface area contributed by atoms with Crippen molar-refractivity contribution in [3.8, 4) is 0 Å². The fraction of sp³-hybridized carbons (Fsp3) is 0.0625. The van der Waals surface area contributed by atoms with Gasteiger partial charge < -0.3 is 4.90 Å². The summed E-state index contributed by atoms with van der Waals surface area (Å²) in [6, 6.07) is 10.2. The van der Waals surface area contributed by atoms with Crippen molar-refractivity contribution in [1.29, 1.82) is 0 Å². The molecule has 0 fully saturated rings. The zero-order chi connectivity index (χ0) is 16.8. The summed E-state index contributed by atoms with van der Waals surface area (Å²) < 4.78 is 16.8. The maximum Gasteiger partial charge on any atom is 0.257 e. The van der Waals surface area contributed by atoms with Gasteiger partial charge in [0.1, 0.15) is 18.0 Å². The lowest BCUT2D eigenvalue weighted by Gasteiger charge is -2.21. The predicted molar refractivity (Wildman–Crippen MR) is 95.5 cm³/mol. The summed E-state index contributed by atoms with van der Waals surface area (Å²) in [5, 5.41) is 9.30. The molecule has 0 amide bonds. The molecule has 0 bridgehead atoms. The van der Waals surface area contributed by atoms with Gasteiger partial charge in [-0.2, -0.15) is 4.98 Å². The Morgan fingerprint density at radius 2 is 2.04 bits per heavy atom. The highest BCUT2D eigenvalue weighted by atomic mass is 79.9. The van der Waals surface area contributed by atoms with Gasteiger partial charge in [0.2, 0.25) is 0 Å². The second-order valence-corrected chi connectivity index (χ2v) is 6.60. The van der Waals surface area contributed by atoms with E-state index in [1.807, 2.05) is 12.1 Å². The minimum atomic E-state index is -0.342. The van der Waals surface area contributed by atoms with Crippen LogP contribution in [0.3, 0.4) is 0 Å². The Labute approximate surface area is 149 Å². The average Bonchev–Trinajstić information content (AvgIpc) is 3.04. The highest BCUT2D eigenvalue weighted by molar-refractivity contribution is 9.10. The predicted octanol–water partition coefficient (Wildman–Crippen LogP) is 4.60. The van der Waals surface area contributed by atoms with Crippen molar-refractivity contribution in [3.63, 3.8) is 0 Å². The average molecular weight is 407 g/mol. The van der Waals surface area contributed by atoms with Gasteiger partial charge in [-0.05, 0) is 36.4 Å². The molecule has 120 valence electrons. The molecule has 2 aromatic carbocycles. The molecule has 0 saturated carbocycles. The van der Waals surface area contributed by atoms with Crippen molar-refractivity contribution >= 4 is 55.7 Å². The molecule has 2 aromatic heterocycles. The first-order valence-corrected chi connectivity index (χ1v) is 8.19. The molecule has 4 aromatic rings. The molecule has 0 atom stereocenters. The van der Waals surface area contributed by atoms with Crippen LogP contribution in [-0.4, -0.2) is 26.6 Å². The topological polar surface area (TPSA) is 46.3 Å². The van der Waals surface area contributed by atoms with E-state index in [4.69, 9.17) is 11.6 Å². The maximum atomic E-state index is 14.3. The van der Waals surface area contributed by atoms with Crippen LogP contribution < -0.4 is 4.90 Å². The zero-order valence-corrected chi connectivity index (χ0v) is 14.8. The summed E-state index contributed by atoms with van der Waals surface area (Å²) in [4.78, 5) is 6.22. The van der Waals surface area contributed by atoms with E-state index in [2.05, 4.69) is 31.1 Å². The molecule has 0 aliphatic rings. The first kappa shape index (κ1) is 15.3. The monoisotopic (exact) mass is 405 g/mol. The normalized spacial score (nSPS) is 11.3. The number of fused-ring (bicyclic) bond motifs is 3. The van der Waals surface area contributed by atoms with Gasteiger partial charge >= 0.3 is 0 Å². The van der Waals surface area contributed by atoms with Crippen molar-refractivity contribution in [3.05, 3.63) is 58.0 Å². The summed E-state index contributed by atoms with van der Waals surface area (Å²) in [7, 11) is 1.76. The van der Waals surface area contributed by atoms with Crippen molar-refractivity contribution in [2.24, 2.45) is 0 Å². The Bertz CT molecular complexity index is 1080. The molecule has 0 unspecified atom stereocenters. The Hall–Kier alpha value is -2.25. The van der Waals surface area contributed by atoms with Crippen molar-refractivity contribution in [2.45, 2.75) is 0 Å². The van der Waals surface area contributed by atoms with Crippen molar-refractivity contribution < 1.29 is 4.39 Å². The summed E-state index contributed by atoms with van der Waals surface area (Å²) in [5.74, 6) is 0.646. The Morgan fingerprint density at radius 1 is 1.21 bits per heavy atom. The first-order chi connectivity index (χ1) is 11.5.